The molecule has 2 nitrogen and oxygen atoms in total. The third-order valence-corrected chi connectivity index (χ3v) is 5.19. The zero-order valence-corrected chi connectivity index (χ0v) is 11.5. The Kier molecular flexibility index (Phi) is 3.51. The van der Waals surface area contributed by atoms with E-state index in [1.165, 1.54) is 18.9 Å². The van der Waals surface area contributed by atoms with Gasteiger partial charge in [-0.05, 0) is 44.2 Å². The van der Waals surface area contributed by atoms with Crippen LogP contribution in [0.4, 0.5) is 4.39 Å². The predicted molar refractivity (Wildman–Crippen MR) is 74.4 cm³/mol. The Labute approximate surface area is 117 Å². The van der Waals surface area contributed by atoms with Gasteiger partial charge < -0.3 is 0 Å². The van der Waals surface area contributed by atoms with Gasteiger partial charge >= 0.3 is 0 Å². The SMILES string of the molecule is N#CC1(NC2CC2)CCC(Sc2ccccc2F)C1. The average molecular weight is 276 g/mol. The second-order valence-corrected chi connectivity index (χ2v) is 6.87. The first kappa shape index (κ1) is 13.0. The van der Waals surface area contributed by atoms with Crippen LogP contribution < -0.4 is 5.32 Å². The molecule has 1 aromatic rings. The maximum Gasteiger partial charge on any atom is 0.136 e. The highest BCUT2D eigenvalue weighted by Crippen LogP contribution is 2.42. The minimum absolute atomic E-state index is 0.155. The molecule has 2 unspecified atom stereocenters. The van der Waals surface area contributed by atoms with Crippen LogP contribution in [0.25, 0.3) is 0 Å². The molecule has 4 heteroatoms. The van der Waals surface area contributed by atoms with Crippen molar-refractivity contribution in [1.29, 1.82) is 5.26 Å². The highest BCUT2D eigenvalue weighted by atomic mass is 32.2. The van der Waals surface area contributed by atoms with Gasteiger partial charge in [0.1, 0.15) is 11.4 Å². The molecule has 2 aliphatic carbocycles. The molecule has 1 aromatic carbocycles. The topological polar surface area (TPSA) is 35.8 Å². The van der Waals surface area contributed by atoms with E-state index in [2.05, 4.69) is 11.4 Å². The summed E-state index contributed by atoms with van der Waals surface area (Å²) in [4.78, 5) is 0.702. The monoisotopic (exact) mass is 276 g/mol. The lowest BCUT2D eigenvalue weighted by atomic mass is 10.00. The summed E-state index contributed by atoms with van der Waals surface area (Å²) in [5.41, 5.74) is -0.371. The maximum absolute atomic E-state index is 13.6. The summed E-state index contributed by atoms with van der Waals surface area (Å²) in [6.45, 7) is 0. The molecule has 3 rings (SSSR count). The van der Waals surface area contributed by atoms with Crippen LogP contribution in [0.1, 0.15) is 32.1 Å². The zero-order valence-electron chi connectivity index (χ0n) is 10.7. The first-order valence-corrected chi connectivity index (χ1v) is 7.69. The highest BCUT2D eigenvalue weighted by molar-refractivity contribution is 8.00. The van der Waals surface area contributed by atoms with Crippen LogP contribution in [0.3, 0.4) is 0 Å². The minimum atomic E-state index is -0.371. The minimum Gasteiger partial charge on any atom is -0.297 e. The van der Waals surface area contributed by atoms with E-state index >= 15 is 0 Å². The fourth-order valence-electron chi connectivity index (χ4n) is 2.70. The Hall–Kier alpha value is -1.05. The summed E-state index contributed by atoms with van der Waals surface area (Å²) in [5, 5.41) is 13.2. The molecule has 0 aromatic heterocycles. The third-order valence-electron chi connectivity index (χ3n) is 3.87. The van der Waals surface area contributed by atoms with E-state index < -0.39 is 0 Å². The smallest absolute Gasteiger partial charge is 0.136 e. The van der Waals surface area contributed by atoms with Gasteiger partial charge in [-0.3, -0.25) is 5.32 Å². The van der Waals surface area contributed by atoms with Crippen molar-refractivity contribution in [2.45, 2.75) is 53.8 Å². The lowest BCUT2D eigenvalue weighted by Gasteiger charge is -2.22. The van der Waals surface area contributed by atoms with Gasteiger partial charge in [-0.2, -0.15) is 5.26 Å². The summed E-state index contributed by atoms with van der Waals surface area (Å²) >= 11 is 1.58. The van der Waals surface area contributed by atoms with Gasteiger partial charge in [0.05, 0.1) is 6.07 Å². The van der Waals surface area contributed by atoms with Crippen LogP contribution >= 0.6 is 11.8 Å². The molecule has 0 radical (unpaired) electrons. The van der Waals surface area contributed by atoms with Crippen LogP contribution in [0, 0.1) is 17.1 Å². The van der Waals surface area contributed by atoms with E-state index in [-0.39, 0.29) is 11.4 Å². The summed E-state index contributed by atoms with van der Waals surface area (Å²) in [6.07, 6.45) is 5.06. The Balaban J connectivity index is 1.65. The second-order valence-electron chi connectivity index (χ2n) is 5.53. The summed E-state index contributed by atoms with van der Waals surface area (Å²) in [6, 6.07) is 9.89. The molecule has 0 spiro atoms. The van der Waals surface area contributed by atoms with Gasteiger partial charge in [-0.25, -0.2) is 4.39 Å². The molecule has 2 aliphatic rings. The number of benzene rings is 1. The van der Waals surface area contributed by atoms with E-state index in [0.717, 1.165) is 19.3 Å². The number of nitrogens with zero attached hydrogens (tertiary/aromatic N) is 1. The number of rotatable bonds is 4. The van der Waals surface area contributed by atoms with Crippen molar-refractivity contribution in [1.82, 2.24) is 5.32 Å². The van der Waals surface area contributed by atoms with Crippen molar-refractivity contribution in [3.63, 3.8) is 0 Å². The molecular formula is C15H17FN2S. The largest absolute Gasteiger partial charge is 0.297 e. The summed E-state index contributed by atoms with van der Waals surface area (Å²) in [7, 11) is 0. The van der Waals surface area contributed by atoms with E-state index in [0.29, 0.717) is 16.2 Å². The lowest BCUT2D eigenvalue weighted by Crippen LogP contribution is -2.43. The van der Waals surface area contributed by atoms with Crippen molar-refractivity contribution in [3.8, 4) is 6.07 Å². The number of nitrogens with one attached hydrogen (secondary N) is 1. The van der Waals surface area contributed by atoms with Crippen LogP contribution in [-0.2, 0) is 0 Å². The first-order chi connectivity index (χ1) is 9.21. The Morgan fingerprint density at radius 2 is 2.11 bits per heavy atom. The Bertz CT molecular complexity index is 509. The van der Waals surface area contributed by atoms with Crippen LogP contribution in [0.5, 0.6) is 0 Å². The number of hydrogen-bond donors (Lipinski definition) is 1. The number of thioether (sulfide) groups is 1. The average Bonchev–Trinajstić information content (AvgIpc) is 3.13. The molecule has 100 valence electrons. The van der Waals surface area contributed by atoms with Gasteiger partial charge in [0.2, 0.25) is 0 Å². The molecule has 0 heterocycles. The first-order valence-electron chi connectivity index (χ1n) is 6.81. The summed E-state index contributed by atoms with van der Waals surface area (Å²) in [5.74, 6) is -0.155. The molecular weight excluding hydrogens is 259 g/mol. The second kappa shape index (κ2) is 5.15. The van der Waals surface area contributed by atoms with Crippen molar-refractivity contribution in [3.05, 3.63) is 30.1 Å². The molecule has 0 bridgehead atoms. The van der Waals surface area contributed by atoms with E-state index in [9.17, 15) is 9.65 Å². The lowest BCUT2D eigenvalue weighted by molar-refractivity contribution is 0.420. The standard InChI is InChI=1S/C15H17FN2S/c16-13-3-1-2-4-14(13)19-12-7-8-15(9-12,10-17)18-11-5-6-11/h1-4,11-12,18H,5-9H2. The maximum atomic E-state index is 13.6. The van der Waals surface area contributed by atoms with E-state index in [4.69, 9.17) is 0 Å². The number of nitriles is 1. The van der Waals surface area contributed by atoms with Crippen molar-refractivity contribution >= 4 is 11.8 Å². The zero-order chi connectivity index (χ0) is 13.3. The van der Waals surface area contributed by atoms with E-state index in [1.54, 1.807) is 17.8 Å². The van der Waals surface area contributed by atoms with Crippen LogP contribution in [0.15, 0.2) is 29.2 Å². The molecule has 1 N–H and O–H groups in total. The van der Waals surface area contributed by atoms with Gasteiger partial charge in [-0.1, -0.05) is 12.1 Å². The van der Waals surface area contributed by atoms with Crippen molar-refractivity contribution in [2.75, 3.05) is 0 Å². The van der Waals surface area contributed by atoms with Gasteiger partial charge in [0, 0.05) is 16.2 Å². The molecule has 2 fully saturated rings. The quantitative estimate of drug-likeness (QED) is 0.914. The fraction of sp³-hybridized carbons (Fsp3) is 0.533. The van der Waals surface area contributed by atoms with Gasteiger partial charge in [-0.15, -0.1) is 11.8 Å². The Morgan fingerprint density at radius 3 is 2.79 bits per heavy atom. The molecule has 0 aliphatic heterocycles. The normalized spacial score (nSPS) is 30.2. The predicted octanol–water partition coefficient (Wildman–Crippen LogP) is 3.48. The van der Waals surface area contributed by atoms with Crippen molar-refractivity contribution in [2.24, 2.45) is 0 Å². The molecule has 0 amide bonds. The van der Waals surface area contributed by atoms with Crippen LogP contribution in [-0.4, -0.2) is 16.8 Å². The molecule has 2 saturated carbocycles. The van der Waals surface area contributed by atoms with Crippen LogP contribution in [0.2, 0.25) is 0 Å². The van der Waals surface area contributed by atoms with Gasteiger partial charge in [0.15, 0.2) is 0 Å². The van der Waals surface area contributed by atoms with Gasteiger partial charge in [0.25, 0.3) is 0 Å². The summed E-state index contributed by atoms with van der Waals surface area (Å²) < 4.78 is 13.6. The molecule has 19 heavy (non-hydrogen) atoms. The highest BCUT2D eigenvalue weighted by Gasteiger charge is 2.43. The molecule has 2 atom stereocenters. The Morgan fingerprint density at radius 1 is 1.32 bits per heavy atom. The third kappa shape index (κ3) is 2.93. The molecule has 0 saturated heterocycles. The van der Waals surface area contributed by atoms with E-state index in [1.807, 2.05) is 12.1 Å². The van der Waals surface area contributed by atoms with Crippen molar-refractivity contribution < 1.29 is 4.39 Å². The fourth-order valence-corrected chi connectivity index (χ4v) is 4.00. The number of hydrogen-bond acceptors (Lipinski definition) is 3. The number of halogens is 1.